The van der Waals surface area contributed by atoms with Gasteiger partial charge >= 0.3 is 5.97 Å². The molecule has 0 aliphatic heterocycles. The van der Waals surface area contributed by atoms with Crippen LogP contribution in [0.5, 0.6) is 0 Å². The highest BCUT2D eigenvalue weighted by Gasteiger charge is 1.91. The second kappa shape index (κ2) is 28.0. The van der Waals surface area contributed by atoms with E-state index in [1.54, 1.807) is 6.07 Å². The molecule has 4 heteroatoms. The lowest BCUT2D eigenvalue weighted by molar-refractivity contribution is -0.131. The number of unbranched alkanes of at least 4 members (excludes halogenated alkanes) is 9. The van der Waals surface area contributed by atoms with E-state index in [2.05, 4.69) is 32.7 Å². The molecule has 0 aromatic heterocycles. The van der Waals surface area contributed by atoms with Gasteiger partial charge in [-0.1, -0.05) is 77.9 Å². The first-order valence-electron chi connectivity index (χ1n) is 8.07. The number of carbonyl (C=O) groups is 1. The molecule has 0 fully saturated rings. The molecule has 0 aromatic rings. The van der Waals surface area contributed by atoms with Crippen LogP contribution in [0.1, 0.15) is 71.1 Å². The Morgan fingerprint density at radius 1 is 1.05 bits per heavy atom. The minimum absolute atomic E-state index is 0.833. The van der Waals surface area contributed by atoms with Gasteiger partial charge in [0.1, 0.15) is 0 Å². The molecule has 0 aliphatic rings. The maximum absolute atomic E-state index is 9.25. The Labute approximate surface area is 142 Å². The summed E-state index contributed by atoms with van der Waals surface area (Å²) >= 11 is 4.20. The van der Waals surface area contributed by atoms with E-state index in [0.717, 1.165) is 11.8 Å². The van der Waals surface area contributed by atoms with Crippen molar-refractivity contribution in [1.82, 2.24) is 0 Å². The summed E-state index contributed by atoms with van der Waals surface area (Å²) in [6, 6.07) is 1.69. The summed E-state index contributed by atoms with van der Waals surface area (Å²) in [5.41, 5.74) is 0. The van der Waals surface area contributed by atoms with Gasteiger partial charge in [-0.15, -0.1) is 0 Å². The zero-order chi connectivity index (χ0) is 17.5. The number of carboxylic acids is 1. The second-order valence-electron chi connectivity index (χ2n) is 4.78. The van der Waals surface area contributed by atoms with E-state index >= 15 is 0 Å². The monoisotopic (exact) mass is 327 g/mol. The van der Waals surface area contributed by atoms with Crippen LogP contribution in [0.3, 0.4) is 0 Å². The molecule has 0 aliphatic carbocycles. The molecule has 0 atom stereocenters. The van der Waals surface area contributed by atoms with E-state index in [4.69, 9.17) is 10.4 Å². The third kappa shape index (κ3) is 42.8. The standard InChI is InChI=1S/C12H26S.C3H3N.C3H4O2/c1-2-3-4-5-6-7-8-9-10-11-12-13;1-2-3-4;1-2-3(4)5/h13H,2-12H2,1H3;2H,1H2;2H,1H2,(H,4,5). The molecule has 0 heterocycles. The average molecular weight is 328 g/mol. The number of hydrogen-bond donors (Lipinski definition) is 2. The first kappa shape index (κ1) is 25.7. The molecule has 0 spiro atoms. The van der Waals surface area contributed by atoms with Crippen LogP contribution < -0.4 is 0 Å². The molecule has 0 radical (unpaired) electrons. The van der Waals surface area contributed by atoms with Crippen molar-refractivity contribution in [2.24, 2.45) is 0 Å². The van der Waals surface area contributed by atoms with Gasteiger partial charge in [-0.3, -0.25) is 0 Å². The van der Waals surface area contributed by atoms with Gasteiger partial charge in [0.25, 0.3) is 0 Å². The normalized spacial score (nSPS) is 8.41. The van der Waals surface area contributed by atoms with E-state index in [0.29, 0.717) is 0 Å². The molecule has 128 valence electrons. The van der Waals surface area contributed by atoms with E-state index in [9.17, 15) is 4.79 Å². The molecule has 0 amide bonds. The van der Waals surface area contributed by atoms with Gasteiger partial charge < -0.3 is 5.11 Å². The lowest BCUT2D eigenvalue weighted by Gasteiger charge is -2.00. The van der Waals surface area contributed by atoms with Crippen molar-refractivity contribution in [2.75, 3.05) is 5.75 Å². The minimum atomic E-state index is -0.981. The Morgan fingerprint density at radius 2 is 1.36 bits per heavy atom. The van der Waals surface area contributed by atoms with Gasteiger partial charge in [-0.25, -0.2) is 4.79 Å². The quantitative estimate of drug-likeness (QED) is 0.218. The molecular weight excluding hydrogens is 294 g/mol. The third-order valence-electron chi connectivity index (χ3n) is 2.78. The summed E-state index contributed by atoms with van der Waals surface area (Å²) in [5.74, 6) is 0.0845. The predicted molar refractivity (Wildman–Crippen MR) is 99.3 cm³/mol. The van der Waals surface area contributed by atoms with Crippen LogP contribution in [0.25, 0.3) is 0 Å². The molecule has 3 nitrogen and oxygen atoms in total. The topological polar surface area (TPSA) is 61.1 Å². The Bertz CT molecular complexity index is 275. The zero-order valence-electron chi connectivity index (χ0n) is 14.1. The Balaban J connectivity index is -0.000000330. The summed E-state index contributed by atoms with van der Waals surface area (Å²) < 4.78 is 0. The van der Waals surface area contributed by atoms with E-state index < -0.39 is 5.97 Å². The molecule has 0 bridgehead atoms. The predicted octanol–water partition coefficient (Wildman–Crippen LogP) is 5.79. The van der Waals surface area contributed by atoms with E-state index in [-0.39, 0.29) is 0 Å². The first-order valence-corrected chi connectivity index (χ1v) is 8.70. The highest BCUT2D eigenvalue weighted by molar-refractivity contribution is 7.80. The van der Waals surface area contributed by atoms with Crippen molar-refractivity contribution in [3.8, 4) is 6.07 Å². The fourth-order valence-electron chi connectivity index (χ4n) is 1.60. The minimum Gasteiger partial charge on any atom is -0.478 e. The second-order valence-corrected chi connectivity index (χ2v) is 5.23. The number of hydrogen-bond acceptors (Lipinski definition) is 3. The smallest absolute Gasteiger partial charge is 0.327 e. The van der Waals surface area contributed by atoms with Gasteiger partial charge in [0.2, 0.25) is 0 Å². The van der Waals surface area contributed by atoms with E-state index in [1.807, 2.05) is 0 Å². The summed E-state index contributed by atoms with van der Waals surface area (Å²) in [4.78, 5) is 9.25. The number of carboxylic acid groups (broad SMARTS) is 1. The van der Waals surface area contributed by atoms with E-state index in [1.165, 1.54) is 70.3 Å². The Morgan fingerprint density at radius 3 is 1.59 bits per heavy atom. The SMILES string of the molecule is C=CC#N.C=CC(=O)O.CCCCCCCCCCCCS. The molecule has 0 aromatic carbocycles. The molecule has 0 rings (SSSR count). The molecule has 22 heavy (non-hydrogen) atoms. The van der Waals surface area contributed by atoms with Crippen molar-refractivity contribution in [3.05, 3.63) is 25.3 Å². The molecular formula is C18H33NO2S. The van der Waals surface area contributed by atoms with Crippen molar-refractivity contribution in [1.29, 1.82) is 5.26 Å². The number of rotatable bonds is 11. The summed E-state index contributed by atoms with van der Waals surface area (Å²) in [6.45, 7) is 8.35. The Kier molecular flexibility index (Phi) is 32.8. The number of aliphatic carboxylic acids is 1. The van der Waals surface area contributed by atoms with Crippen molar-refractivity contribution < 1.29 is 9.90 Å². The van der Waals surface area contributed by atoms with Crippen LogP contribution in [0.4, 0.5) is 0 Å². The van der Waals surface area contributed by atoms with Gasteiger partial charge in [0, 0.05) is 12.2 Å². The lowest BCUT2D eigenvalue weighted by atomic mass is 10.1. The van der Waals surface area contributed by atoms with Gasteiger partial charge in [0.05, 0.1) is 6.07 Å². The number of thiol groups is 1. The number of nitrogens with zero attached hydrogens (tertiary/aromatic N) is 1. The molecule has 0 unspecified atom stereocenters. The van der Waals surface area contributed by atoms with Crippen LogP contribution in [0.15, 0.2) is 25.3 Å². The van der Waals surface area contributed by atoms with Crippen molar-refractivity contribution >= 4 is 18.6 Å². The van der Waals surface area contributed by atoms with Crippen molar-refractivity contribution in [2.45, 2.75) is 71.1 Å². The maximum atomic E-state index is 9.25. The van der Waals surface area contributed by atoms with Crippen LogP contribution in [0.2, 0.25) is 0 Å². The number of allylic oxidation sites excluding steroid dienone is 1. The largest absolute Gasteiger partial charge is 0.478 e. The lowest BCUT2D eigenvalue weighted by Crippen LogP contribution is -1.82. The fourth-order valence-corrected chi connectivity index (χ4v) is 1.82. The van der Waals surface area contributed by atoms with Crippen LogP contribution >= 0.6 is 12.6 Å². The average Bonchev–Trinajstić information content (AvgIpc) is 2.54. The molecule has 0 saturated heterocycles. The highest BCUT2D eigenvalue weighted by Crippen LogP contribution is 2.10. The third-order valence-corrected chi connectivity index (χ3v) is 3.09. The maximum Gasteiger partial charge on any atom is 0.327 e. The first-order chi connectivity index (χ1) is 10.6. The van der Waals surface area contributed by atoms with Crippen LogP contribution in [-0.2, 0) is 4.79 Å². The highest BCUT2D eigenvalue weighted by atomic mass is 32.1. The molecule has 1 N–H and O–H groups in total. The van der Waals surface area contributed by atoms with Crippen LogP contribution in [0, 0.1) is 11.3 Å². The zero-order valence-corrected chi connectivity index (χ0v) is 15.0. The summed E-state index contributed by atoms with van der Waals surface area (Å²) in [7, 11) is 0. The van der Waals surface area contributed by atoms with Crippen LogP contribution in [-0.4, -0.2) is 16.8 Å². The van der Waals surface area contributed by atoms with Gasteiger partial charge in [-0.05, 0) is 12.2 Å². The summed E-state index contributed by atoms with van der Waals surface area (Å²) in [6.07, 6.45) is 16.2. The van der Waals surface area contributed by atoms with Gasteiger partial charge in [-0.2, -0.15) is 17.9 Å². The van der Waals surface area contributed by atoms with Gasteiger partial charge in [0.15, 0.2) is 0 Å². The Hall–Kier alpha value is -1.21. The molecule has 0 saturated carbocycles. The van der Waals surface area contributed by atoms with Crippen molar-refractivity contribution in [3.63, 3.8) is 0 Å². The number of nitriles is 1. The fraction of sp³-hybridized carbons (Fsp3) is 0.667. The summed E-state index contributed by atoms with van der Waals surface area (Å²) in [5, 5.41) is 15.1.